The van der Waals surface area contributed by atoms with E-state index in [9.17, 15) is 14.4 Å². The number of carbonyl (C=O) groups excluding carboxylic acids is 2. The van der Waals surface area contributed by atoms with Crippen molar-refractivity contribution < 1.29 is 29.0 Å². The van der Waals surface area contributed by atoms with Gasteiger partial charge in [0.2, 0.25) is 0 Å². The molecule has 0 aliphatic carbocycles. The standard InChI is InChI=1S/C25H29N3O6/c1-14-8-15(2)10-17(9-14)27-25(32)26-16-4-7-21-19(11-16)24(31)28(3)20-6-5-18(12-23(29)30)34-22(20)13-33-21/h4,7-11,18,20,22H,5-6,12-13H2,1-3H3,(H,29,30)(H2,26,27,32)/t18-,20-,22-/m0/s1. The third-order valence-electron chi connectivity index (χ3n) is 6.15. The minimum Gasteiger partial charge on any atom is -0.490 e. The Morgan fingerprint density at radius 2 is 1.76 bits per heavy atom. The number of aryl methyl sites for hydroxylation is 2. The molecule has 2 aromatic rings. The number of nitrogens with one attached hydrogen (secondary N) is 2. The number of nitrogens with zero attached hydrogens (tertiary/aromatic N) is 1. The summed E-state index contributed by atoms with van der Waals surface area (Å²) in [6.45, 7) is 4.12. The second-order valence-electron chi connectivity index (χ2n) is 8.93. The number of benzene rings is 2. The van der Waals surface area contributed by atoms with E-state index in [1.807, 2.05) is 32.0 Å². The van der Waals surface area contributed by atoms with E-state index in [1.165, 1.54) is 0 Å². The summed E-state index contributed by atoms with van der Waals surface area (Å²) < 4.78 is 11.9. The maximum Gasteiger partial charge on any atom is 0.323 e. The number of rotatable bonds is 4. The van der Waals surface area contributed by atoms with E-state index < -0.39 is 24.2 Å². The summed E-state index contributed by atoms with van der Waals surface area (Å²) in [4.78, 5) is 38.5. The highest BCUT2D eigenvalue weighted by molar-refractivity contribution is 6.02. The van der Waals surface area contributed by atoms with Crippen molar-refractivity contribution >= 4 is 29.3 Å². The number of ether oxygens (including phenoxy) is 2. The van der Waals surface area contributed by atoms with Gasteiger partial charge in [-0.15, -0.1) is 0 Å². The number of anilines is 2. The van der Waals surface area contributed by atoms with Crippen LogP contribution in [0.3, 0.4) is 0 Å². The molecular formula is C25H29N3O6. The number of likely N-dealkylation sites (N-methyl/N-ethyl adjacent to an activating group) is 1. The first-order chi connectivity index (χ1) is 16.2. The number of urea groups is 1. The summed E-state index contributed by atoms with van der Waals surface area (Å²) in [6, 6.07) is 10.1. The van der Waals surface area contributed by atoms with Gasteiger partial charge in [0.15, 0.2) is 0 Å². The summed E-state index contributed by atoms with van der Waals surface area (Å²) in [7, 11) is 1.71. The summed E-state index contributed by atoms with van der Waals surface area (Å²) >= 11 is 0. The third-order valence-corrected chi connectivity index (χ3v) is 6.15. The van der Waals surface area contributed by atoms with Gasteiger partial charge >= 0.3 is 12.0 Å². The van der Waals surface area contributed by atoms with Gasteiger partial charge in [0.25, 0.3) is 5.91 Å². The van der Waals surface area contributed by atoms with E-state index in [1.54, 1.807) is 30.1 Å². The molecule has 2 aliphatic rings. The van der Waals surface area contributed by atoms with Crippen molar-refractivity contribution in [2.45, 2.75) is 51.4 Å². The van der Waals surface area contributed by atoms with E-state index in [-0.39, 0.29) is 25.0 Å². The highest BCUT2D eigenvalue weighted by Gasteiger charge is 2.39. The molecule has 9 nitrogen and oxygen atoms in total. The third kappa shape index (κ3) is 5.31. The zero-order chi connectivity index (χ0) is 24.4. The van der Waals surface area contributed by atoms with Crippen LogP contribution in [0.25, 0.3) is 0 Å². The fourth-order valence-electron chi connectivity index (χ4n) is 4.64. The lowest BCUT2D eigenvalue weighted by Crippen LogP contribution is -2.53. The lowest BCUT2D eigenvalue weighted by Gasteiger charge is -2.42. The molecule has 34 heavy (non-hydrogen) atoms. The first-order valence-corrected chi connectivity index (χ1v) is 11.3. The van der Waals surface area contributed by atoms with Gasteiger partial charge in [-0.25, -0.2) is 4.79 Å². The first-order valence-electron chi connectivity index (χ1n) is 11.3. The second kappa shape index (κ2) is 9.72. The molecule has 0 spiro atoms. The van der Waals surface area contributed by atoms with Crippen molar-refractivity contribution in [1.82, 2.24) is 4.90 Å². The number of hydrogen-bond donors (Lipinski definition) is 3. The van der Waals surface area contributed by atoms with Gasteiger partial charge in [-0.05, 0) is 68.1 Å². The van der Waals surface area contributed by atoms with Crippen LogP contribution in [-0.4, -0.2) is 59.8 Å². The molecule has 3 amide bonds. The Bertz CT molecular complexity index is 1100. The molecule has 4 rings (SSSR count). The Hall–Kier alpha value is -3.59. The van der Waals surface area contributed by atoms with Crippen LogP contribution < -0.4 is 15.4 Å². The van der Waals surface area contributed by atoms with E-state index in [0.29, 0.717) is 35.5 Å². The highest BCUT2D eigenvalue weighted by Crippen LogP contribution is 2.32. The fraction of sp³-hybridized carbons (Fsp3) is 0.400. The van der Waals surface area contributed by atoms with Crippen molar-refractivity contribution in [1.29, 1.82) is 0 Å². The molecule has 0 saturated carbocycles. The van der Waals surface area contributed by atoms with Gasteiger partial charge < -0.3 is 30.1 Å². The van der Waals surface area contributed by atoms with E-state index in [4.69, 9.17) is 14.6 Å². The Balaban J connectivity index is 1.48. The summed E-state index contributed by atoms with van der Waals surface area (Å²) in [5.74, 6) is -0.769. The normalized spacial score (nSPS) is 21.9. The van der Waals surface area contributed by atoms with Crippen molar-refractivity contribution in [3.63, 3.8) is 0 Å². The second-order valence-corrected chi connectivity index (χ2v) is 8.93. The summed E-state index contributed by atoms with van der Waals surface area (Å²) in [5.41, 5.74) is 3.58. The van der Waals surface area contributed by atoms with Crippen LogP contribution in [0.15, 0.2) is 36.4 Å². The van der Waals surface area contributed by atoms with Gasteiger partial charge in [-0.1, -0.05) is 6.07 Å². The average Bonchev–Trinajstić information content (AvgIpc) is 2.75. The van der Waals surface area contributed by atoms with Crippen molar-refractivity contribution in [3.05, 3.63) is 53.1 Å². The number of carboxylic acids is 1. The van der Waals surface area contributed by atoms with Crippen LogP contribution in [0, 0.1) is 13.8 Å². The number of carbonyl (C=O) groups is 3. The molecule has 0 radical (unpaired) electrons. The monoisotopic (exact) mass is 467 g/mol. The van der Waals surface area contributed by atoms with Crippen LogP contribution in [0.5, 0.6) is 5.75 Å². The van der Waals surface area contributed by atoms with Crippen molar-refractivity contribution in [2.75, 3.05) is 24.3 Å². The molecule has 2 heterocycles. The molecule has 2 aromatic carbocycles. The molecule has 3 N–H and O–H groups in total. The van der Waals surface area contributed by atoms with Gasteiger partial charge in [-0.3, -0.25) is 9.59 Å². The average molecular weight is 468 g/mol. The highest BCUT2D eigenvalue weighted by atomic mass is 16.5. The zero-order valence-corrected chi connectivity index (χ0v) is 19.5. The largest absolute Gasteiger partial charge is 0.490 e. The summed E-state index contributed by atoms with van der Waals surface area (Å²) in [6.07, 6.45) is 0.294. The molecule has 1 fully saturated rings. The number of aliphatic carboxylic acids is 1. The number of amides is 3. The molecule has 1 saturated heterocycles. The molecule has 0 aromatic heterocycles. The summed E-state index contributed by atoms with van der Waals surface area (Å²) in [5, 5.41) is 14.7. The Kier molecular flexibility index (Phi) is 6.74. The van der Waals surface area contributed by atoms with E-state index in [2.05, 4.69) is 10.6 Å². The molecule has 0 unspecified atom stereocenters. The molecular weight excluding hydrogens is 438 g/mol. The topological polar surface area (TPSA) is 117 Å². The maximum atomic E-state index is 13.3. The minimum absolute atomic E-state index is 0.0727. The van der Waals surface area contributed by atoms with Crippen LogP contribution in [0.4, 0.5) is 16.2 Å². The minimum atomic E-state index is -0.911. The number of carboxylic acid groups (broad SMARTS) is 1. The molecule has 180 valence electrons. The Morgan fingerprint density at radius 1 is 1.06 bits per heavy atom. The van der Waals surface area contributed by atoms with E-state index in [0.717, 1.165) is 11.1 Å². The first kappa shape index (κ1) is 23.6. The Morgan fingerprint density at radius 3 is 2.47 bits per heavy atom. The van der Waals surface area contributed by atoms with Crippen LogP contribution >= 0.6 is 0 Å². The van der Waals surface area contributed by atoms with Crippen LogP contribution in [0.1, 0.15) is 40.7 Å². The van der Waals surface area contributed by atoms with Crippen LogP contribution in [0.2, 0.25) is 0 Å². The van der Waals surface area contributed by atoms with Gasteiger partial charge in [0.05, 0.1) is 24.1 Å². The molecule has 0 bridgehead atoms. The smallest absolute Gasteiger partial charge is 0.323 e. The predicted octanol–water partition coefficient (Wildman–Crippen LogP) is 3.80. The van der Waals surface area contributed by atoms with Gasteiger partial charge in [0, 0.05) is 18.4 Å². The van der Waals surface area contributed by atoms with Crippen molar-refractivity contribution in [2.24, 2.45) is 0 Å². The molecule has 2 aliphatic heterocycles. The SMILES string of the molecule is Cc1cc(C)cc(NC(=O)Nc2ccc3c(c2)C(=O)N(C)[C@H]2CC[C@@H](CC(=O)O)O[C@H]2CO3)c1. The predicted molar refractivity (Wildman–Crippen MR) is 127 cm³/mol. The van der Waals surface area contributed by atoms with Gasteiger partial charge in [0.1, 0.15) is 18.5 Å². The molecule has 3 atom stereocenters. The molecule has 9 heteroatoms. The lowest BCUT2D eigenvalue weighted by molar-refractivity contribution is -0.148. The lowest BCUT2D eigenvalue weighted by atomic mass is 9.94. The maximum absolute atomic E-state index is 13.3. The van der Waals surface area contributed by atoms with E-state index >= 15 is 0 Å². The number of fused-ring (bicyclic) bond motifs is 2. The number of hydrogen-bond acceptors (Lipinski definition) is 5. The quantitative estimate of drug-likeness (QED) is 0.630. The van der Waals surface area contributed by atoms with Crippen molar-refractivity contribution in [3.8, 4) is 5.75 Å². The zero-order valence-electron chi connectivity index (χ0n) is 19.5. The fourth-order valence-corrected chi connectivity index (χ4v) is 4.64. The van der Waals surface area contributed by atoms with Crippen LogP contribution in [-0.2, 0) is 9.53 Å². The Labute approximate surface area is 198 Å². The van der Waals surface area contributed by atoms with Gasteiger partial charge in [-0.2, -0.15) is 0 Å².